The fourth-order valence-corrected chi connectivity index (χ4v) is 3.51. The van der Waals surface area contributed by atoms with Crippen LogP contribution in [0.25, 0.3) is 23.2 Å². The van der Waals surface area contributed by atoms with E-state index < -0.39 is 12.1 Å². The topological polar surface area (TPSA) is 60.0 Å². The molecule has 3 rings (SSSR count). The number of aryl methyl sites for hydroxylation is 1. The van der Waals surface area contributed by atoms with Crippen molar-refractivity contribution in [1.29, 1.82) is 0 Å². The van der Waals surface area contributed by atoms with E-state index in [-0.39, 0.29) is 5.82 Å². The summed E-state index contributed by atoms with van der Waals surface area (Å²) in [6.07, 6.45) is 0.333. The van der Waals surface area contributed by atoms with Crippen molar-refractivity contribution in [3.63, 3.8) is 0 Å². The van der Waals surface area contributed by atoms with Gasteiger partial charge in [0, 0.05) is 19.5 Å². The third kappa shape index (κ3) is 5.97. The molecule has 0 aliphatic heterocycles. The number of aromatic nitrogens is 4. The van der Waals surface area contributed by atoms with Crippen LogP contribution in [0.3, 0.4) is 0 Å². The molecule has 0 saturated carbocycles. The molecular weight excluding hydrogens is 419 g/mol. The maximum absolute atomic E-state index is 12.6. The Bertz CT molecular complexity index is 1050. The molecule has 0 fully saturated rings. The predicted molar refractivity (Wildman–Crippen MR) is 119 cm³/mol. The van der Waals surface area contributed by atoms with Gasteiger partial charge in [-0.25, -0.2) is 4.98 Å². The van der Waals surface area contributed by atoms with Crippen LogP contribution in [0, 0.1) is 5.92 Å². The van der Waals surface area contributed by atoms with E-state index in [0.717, 1.165) is 61.4 Å². The highest BCUT2D eigenvalue weighted by molar-refractivity contribution is 5.81. The van der Waals surface area contributed by atoms with Crippen molar-refractivity contribution >= 4 is 23.2 Å². The number of fused-ring (bicyclic) bond motifs is 1. The number of rotatable bonds is 10. The normalized spacial score (nSPS) is 12.8. The molecule has 0 unspecified atom stereocenters. The van der Waals surface area contributed by atoms with Crippen LogP contribution in [-0.4, -0.2) is 44.2 Å². The molecule has 2 aromatic heterocycles. The highest BCUT2D eigenvalue weighted by Gasteiger charge is 2.38. The summed E-state index contributed by atoms with van der Waals surface area (Å²) < 4.78 is 44.4. The summed E-state index contributed by atoms with van der Waals surface area (Å²) >= 11 is 0. The zero-order valence-electron chi connectivity index (χ0n) is 19.0. The fraction of sp³-hybridized carbons (Fsp3) is 0.522. The number of likely N-dealkylation sites (N-methyl/N-ethyl adjacent to an activating group) is 1. The molecule has 0 saturated heterocycles. The van der Waals surface area contributed by atoms with E-state index in [9.17, 15) is 13.2 Å². The SMILES string of the molecule is CCN(CC)CCc1nc2cc(/C=C/c3noc(C(F)(F)F)n3)ccc2n1CCC(C)C. The second kappa shape index (κ2) is 10.3. The van der Waals surface area contributed by atoms with E-state index in [4.69, 9.17) is 4.98 Å². The van der Waals surface area contributed by atoms with Crippen LogP contribution in [0.2, 0.25) is 0 Å². The maximum atomic E-state index is 12.6. The van der Waals surface area contributed by atoms with Crippen molar-refractivity contribution in [3.8, 4) is 0 Å². The molecule has 0 aliphatic carbocycles. The lowest BCUT2D eigenvalue weighted by Gasteiger charge is -2.18. The van der Waals surface area contributed by atoms with Gasteiger partial charge in [-0.15, -0.1) is 0 Å². The molecule has 6 nitrogen and oxygen atoms in total. The van der Waals surface area contributed by atoms with Crippen molar-refractivity contribution in [2.24, 2.45) is 5.92 Å². The van der Waals surface area contributed by atoms with Crippen molar-refractivity contribution in [1.82, 2.24) is 24.6 Å². The molecule has 0 radical (unpaired) electrons. The molecule has 9 heteroatoms. The molecular formula is C23H30F3N5O. The second-order valence-electron chi connectivity index (χ2n) is 8.18. The van der Waals surface area contributed by atoms with Crippen molar-refractivity contribution in [3.05, 3.63) is 41.3 Å². The number of hydrogen-bond donors (Lipinski definition) is 0. The predicted octanol–water partition coefficient (Wildman–Crippen LogP) is 5.54. The van der Waals surface area contributed by atoms with Crippen LogP contribution in [0.5, 0.6) is 0 Å². The lowest BCUT2D eigenvalue weighted by molar-refractivity contribution is -0.159. The van der Waals surface area contributed by atoms with Crippen LogP contribution in [0.4, 0.5) is 13.2 Å². The summed E-state index contributed by atoms with van der Waals surface area (Å²) in [6, 6.07) is 5.87. The number of imidazole rings is 1. The van der Waals surface area contributed by atoms with Gasteiger partial charge in [0.25, 0.3) is 0 Å². The van der Waals surface area contributed by atoms with Gasteiger partial charge in [0.15, 0.2) is 5.82 Å². The van der Waals surface area contributed by atoms with E-state index in [1.54, 1.807) is 6.08 Å². The van der Waals surface area contributed by atoms with Crippen LogP contribution >= 0.6 is 0 Å². The van der Waals surface area contributed by atoms with Crippen molar-refractivity contribution < 1.29 is 17.7 Å². The Balaban J connectivity index is 1.85. The fourth-order valence-electron chi connectivity index (χ4n) is 3.51. The summed E-state index contributed by atoms with van der Waals surface area (Å²) in [6.45, 7) is 12.6. The van der Waals surface area contributed by atoms with Gasteiger partial charge in [-0.2, -0.15) is 18.2 Å². The molecule has 0 atom stereocenters. The zero-order chi connectivity index (χ0) is 23.3. The largest absolute Gasteiger partial charge is 0.471 e. The summed E-state index contributed by atoms with van der Waals surface area (Å²) in [5.74, 6) is 0.164. The lowest BCUT2D eigenvalue weighted by atomic mass is 10.1. The average Bonchev–Trinajstić information content (AvgIpc) is 3.35. The quantitative estimate of drug-likeness (QED) is 0.407. The minimum Gasteiger partial charge on any atom is -0.329 e. The minimum atomic E-state index is -4.65. The molecule has 0 N–H and O–H groups in total. The van der Waals surface area contributed by atoms with Gasteiger partial charge in [0.05, 0.1) is 11.0 Å². The average molecular weight is 450 g/mol. The van der Waals surface area contributed by atoms with Gasteiger partial charge in [0.1, 0.15) is 5.82 Å². The highest BCUT2D eigenvalue weighted by Crippen LogP contribution is 2.27. The molecule has 0 amide bonds. The van der Waals surface area contributed by atoms with Crippen molar-refractivity contribution in [2.75, 3.05) is 19.6 Å². The first-order valence-electron chi connectivity index (χ1n) is 11.0. The first-order chi connectivity index (χ1) is 15.2. The van der Waals surface area contributed by atoms with Gasteiger partial charge < -0.3 is 14.0 Å². The van der Waals surface area contributed by atoms with E-state index in [2.05, 4.69) is 51.8 Å². The third-order valence-corrected chi connectivity index (χ3v) is 5.44. The Morgan fingerprint density at radius 2 is 1.88 bits per heavy atom. The van der Waals surface area contributed by atoms with Gasteiger partial charge in [-0.1, -0.05) is 45.0 Å². The molecule has 3 aromatic rings. The molecule has 0 bridgehead atoms. The van der Waals surface area contributed by atoms with Gasteiger partial charge in [-0.3, -0.25) is 0 Å². The minimum absolute atomic E-state index is 0.125. The lowest BCUT2D eigenvalue weighted by Crippen LogP contribution is -2.26. The third-order valence-electron chi connectivity index (χ3n) is 5.44. The number of hydrogen-bond acceptors (Lipinski definition) is 5. The van der Waals surface area contributed by atoms with E-state index in [1.807, 2.05) is 18.2 Å². The van der Waals surface area contributed by atoms with E-state index in [0.29, 0.717) is 5.92 Å². The molecule has 1 aromatic carbocycles. The highest BCUT2D eigenvalue weighted by atomic mass is 19.4. The summed E-state index contributed by atoms with van der Waals surface area (Å²) in [5.41, 5.74) is 2.74. The van der Waals surface area contributed by atoms with Crippen LogP contribution in [0.15, 0.2) is 22.7 Å². The van der Waals surface area contributed by atoms with Crippen LogP contribution < -0.4 is 0 Å². The monoisotopic (exact) mass is 449 g/mol. The molecule has 0 aliphatic rings. The number of nitrogens with zero attached hydrogens (tertiary/aromatic N) is 5. The first kappa shape index (κ1) is 24.0. The van der Waals surface area contributed by atoms with Gasteiger partial charge >= 0.3 is 12.1 Å². The molecule has 0 spiro atoms. The van der Waals surface area contributed by atoms with Gasteiger partial charge in [-0.05, 0) is 49.2 Å². The molecule has 32 heavy (non-hydrogen) atoms. The Hall–Kier alpha value is -2.68. The Labute approximate surface area is 186 Å². The second-order valence-corrected chi connectivity index (χ2v) is 8.18. The maximum Gasteiger partial charge on any atom is 0.471 e. The Morgan fingerprint density at radius 1 is 1.12 bits per heavy atom. The standard InChI is InChI=1S/C23H30F3N5O/c1-5-30(6-2)13-12-21-27-18-15-17(7-9-19(18)31(21)14-11-16(3)4)8-10-20-28-22(32-29-20)23(24,25)26/h7-10,15-16H,5-6,11-14H2,1-4H3/b10-8+. The van der Waals surface area contributed by atoms with E-state index >= 15 is 0 Å². The Morgan fingerprint density at radius 3 is 2.50 bits per heavy atom. The molecule has 2 heterocycles. The zero-order valence-corrected chi connectivity index (χ0v) is 19.0. The van der Waals surface area contributed by atoms with Crippen LogP contribution in [0.1, 0.15) is 57.2 Å². The smallest absolute Gasteiger partial charge is 0.329 e. The summed E-state index contributed by atoms with van der Waals surface area (Å²) in [7, 11) is 0. The Kier molecular flexibility index (Phi) is 7.71. The number of alkyl halides is 3. The summed E-state index contributed by atoms with van der Waals surface area (Å²) in [5, 5.41) is 3.36. The van der Waals surface area contributed by atoms with E-state index in [1.165, 1.54) is 6.08 Å². The van der Waals surface area contributed by atoms with Crippen molar-refractivity contribution in [2.45, 2.75) is 53.3 Å². The number of benzene rings is 1. The first-order valence-corrected chi connectivity index (χ1v) is 11.0. The van der Waals surface area contributed by atoms with Gasteiger partial charge in [0.2, 0.25) is 0 Å². The number of halogens is 3. The summed E-state index contributed by atoms with van der Waals surface area (Å²) in [4.78, 5) is 10.6. The van der Waals surface area contributed by atoms with Crippen LogP contribution in [-0.2, 0) is 19.1 Å². The molecule has 174 valence electrons.